The molecule has 7 heteroatoms. The summed E-state index contributed by atoms with van der Waals surface area (Å²) in [7, 11) is 0. The molecule has 1 atom stereocenters. The molecule has 1 aliphatic carbocycles. The first-order valence-corrected chi connectivity index (χ1v) is 8.78. The average Bonchev–Trinajstić information content (AvgIpc) is 3.10. The third-order valence-electron chi connectivity index (χ3n) is 4.77. The molecule has 2 fully saturated rings. The van der Waals surface area contributed by atoms with Gasteiger partial charge in [-0.2, -0.15) is 0 Å². The maximum atomic E-state index is 12.6. The van der Waals surface area contributed by atoms with E-state index < -0.39 is 11.5 Å². The molecule has 0 unspecified atom stereocenters. The van der Waals surface area contributed by atoms with Crippen LogP contribution in [0.3, 0.4) is 0 Å². The highest BCUT2D eigenvalue weighted by Gasteiger charge is 2.52. The predicted octanol–water partition coefficient (Wildman–Crippen LogP) is 3.05. The number of aliphatic hydroxyl groups excluding tert-OH is 1. The van der Waals surface area contributed by atoms with E-state index in [1.807, 2.05) is 0 Å². The summed E-state index contributed by atoms with van der Waals surface area (Å²) in [5, 5.41) is 11.0. The number of halogens is 2. The molecule has 130 valence electrons. The SMILES string of the molecule is O=C1CC2(CCCC2)C(=O)N1C[C@@H](O)COc1cc(Cl)ccc1Cl. The molecule has 1 aromatic carbocycles. The fourth-order valence-corrected chi connectivity index (χ4v) is 3.86. The van der Waals surface area contributed by atoms with Crippen LogP contribution < -0.4 is 4.74 Å². The molecule has 24 heavy (non-hydrogen) atoms. The van der Waals surface area contributed by atoms with E-state index >= 15 is 0 Å². The number of rotatable bonds is 5. The number of imide groups is 1. The van der Waals surface area contributed by atoms with Crippen molar-refractivity contribution in [3.8, 4) is 5.75 Å². The van der Waals surface area contributed by atoms with E-state index in [1.54, 1.807) is 18.2 Å². The molecule has 1 spiro atoms. The van der Waals surface area contributed by atoms with E-state index in [0.29, 0.717) is 15.8 Å². The van der Waals surface area contributed by atoms with Gasteiger partial charge < -0.3 is 9.84 Å². The van der Waals surface area contributed by atoms with Crippen LogP contribution in [0.2, 0.25) is 10.0 Å². The largest absolute Gasteiger partial charge is 0.489 e. The Morgan fingerprint density at radius 3 is 2.67 bits per heavy atom. The van der Waals surface area contributed by atoms with Crippen molar-refractivity contribution in [1.82, 2.24) is 4.90 Å². The lowest BCUT2D eigenvalue weighted by atomic mass is 9.84. The first-order valence-electron chi connectivity index (χ1n) is 8.02. The van der Waals surface area contributed by atoms with Crippen LogP contribution in [0.15, 0.2) is 18.2 Å². The van der Waals surface area contributed by atoms with E-state index in [0.717, 1.165) is 25.7 Å². The first kappa shape index (κ1) is 17.5. The fourth-order valence-electron chi connectivity index (χ4n) is 3.52. The molecule has 1 N–H and O–H groups in total. The van der Waals surface area contributed by atoms with Gasteiger partial charge in [-0.3, -0.25) is 14.5 Å². The monoisotopic (exact) mass is 371 g/mol. The smallest absolute Gasteiger partial charge is 0.235 e. The molecule has 5 nitrogen and oxygen atoms in total. The van der Waals surface area contributed by atoms with Gasteiger partial charge in [0.1, 0.15) is 18.5 Å². The predicted molar refractivity (Wildman–Crippen MR) is 90.2 cm³/mol. The van der Waals surface area contributed by atoms with E-state index in [4.69, 9.17) is 27.9 Å². The van der Waals surface area contributed by atoms with Crippen LogP contribution in [0.25, 0.3) is 0 Å². The Morgan fingerprint density at radius 2 is 1.96 bits per heavy atom. The summed E-state index contributed by atoms with van der Waals surface area (Å²) < 4.78 is 5.46. The standard InChI is InChI=1S/C17H19Cl2NO4/c18-11-3-4-13(19)14(7-11)24-10-12(21)9-20-15(22)8-17(16(20)23)5-1-2-6-17/h3-4,7,12,21H,1-2,5-6,8-10H2/t12-/m1/s1. The van der Waals surface area contributed by atoms with Crippen LogP contribution in [-0.4, -0.2) is 41.1 Å². The molecule has 0 bridgehead atoms. The molecule has 1 saturated heterocycles. The zero-order chi connectivity index (χ0) is 17.3. The minimum absolute atomic E-state index is 0.0579. The van der Waals surface area contributed by atoms with Gasteiger partial charge in [-0.15, -0.1) is 0 Å². The Bertz CT molecular complexity index is 658. The highest BCUT2D eigenvalue weighted by Crippen LogP contribution is 2.46. The van der Waals surface area contributed by atoms with Crippen molar-refractivity contribution < 1.29 is 19.4 Å². The van der Waals surface area contributed by atoms with Crippen LogP contribution in [0.5, 0.6) is 5.75 Å². The number of hydrogen-bond acceptors (Lipinski definition) is 4. The van der Waals surface area contributed by atoms with Gasteiger partial charge in [0.15, 0.2) is 0 Å². The second-order valence-electron chi connectivity index (χ2n) is 6.51. The summed E-state index contributed by atoms with van der Waals surface area (Å²) in [6, 6.07) is 4.79. The molecular weight excluding hydrogens is 353 g/mol. The first-order chi connectivity index (χ1) is 11.4. The minimum Gasteiger partial charge on any atom is -0.489 e. The normalized spacial score (nSPS) is 20.9. The number of carbonyl (C=O) groups is 2. The summed E-state index contributed by atoms with van der Waals surface area (Å²) in [6.07, 6.45) is 2.76. The lowest BCUT2D eigenvalue weighted by molar-refractivity contribution is -0.143. The molecule has 2 aliphatic rings. The lowest BCUT2D eigenvalue weighted by Gasteiger charge is -2.23. The van der Waals surface area contributed by atoms with Crippen LogP contribution >= 0.6 is 23.2 Å². The molecule has 0 radical (unpaired) electrons. The van der Waals surface area contributed by atoms with Gasteiger partial charge in [-0.25, -0.2) is 0 Å². The van der Waals surface area contributed by atoms with E-state index in [1.165, 1.54) is 4.90 Å². The zero-order valence-electron chi connectivity index (χ0n) is 13.1. The summed E-state index contributed by atoms with van der Waals surface area (Å²) >= 11 is 11.9. The Kier molecular flexibility index (Phi) is 5.04. The highest BCUT2D eigenvalue weighted by molar-refractivity contribution is 6.34. The van der Waals surface area contributed by atoms with E-state index in [-0.39, 0.29) is 31.4 Å². The summed E-state index contributed by atoms with van der Waals surface area (Å²) in [5.41, 5.74) is -0.520. The van der Waals surface area contributed by atoms with E-state index in [2.05, 4.69) is 0 Å². The Balaban J connectivity index is 1.59. The molecule has 2 amide bonds. The van der Waals surface area contributed by atoms with Gasteiger partial charge in [0.05, 0.1) is 17.0 Å². The minimum atomic E-state index is -0.982. The third-order valence-corrected chi connectivity index (χ3v) is 5.32. The van der Waals surface area contributed by atoms with Gasteiger partial charge in [0.2, 0.25) is 11.8 Å². The van der Waals surface area contributed by atoms with Gasteiger partial charge >= 0.3 is 0 Å². The number of likely N-dealkylation sites (tertiary alicyclic amines) is 1. The third kappa shape index (κ3) is 3.39. The Hall–Kier alpha value is -1.30. The average molecular weight is 372 g/mol. The summed E-state index contributed by atoms with van der Waals surface area (Å²) in [5.74, 6) is 0.00105. The maximum Gasteiger partial charge on any atom is 0.235 e. The second kappa shape index (κ2) is 6.90. The summed E-state index contributed by atoms with van der Waals surface area (Å²) in [4.78, 5) is 25.9. The van der Waals surface area contributed by atoms with Crippen molar-refractivity contribution in [1.29, 1.82) is 0 Å². The Morgan fingerprint density at radius 1 is 1.25 bits per heavy atom. The maximum absolute atomic E-state index is 12.6. The number of nitrogens with zero attached hydrogens (tertiary/aromatic N) is 1. The van der Waals surface area contributed by atoms with Crippen molar-refractivity contribution in [3.63, 3.8) is 0 Å². The van der Waals surface area contributed by atoms with Crippen molar-refractivity contribution in [2.45, 2.75) is 38.2 Å². The molecule has 3 rings (SSSR count). The highest BCUT2D eigenvalue weighted by atomic mass is 35.5. The molecule has 1 heterocycles. The topological polar surface area (TPSA) is 66.8 Å². The van der Waals surface area contributed by atoms with Crippen LogP contribution in [0, 0.1) is 5.41 Å². The number of aliphatic hydroxyl groups is 1. The number of carbonyl (C=O) groups excluding carboxylic acids is 2. The second-order valence-corrected chi connectivity index (χ2v) is 7.36. The number of ether oxygens (including phenoxy) is 1. The molecular formula is C17H19Cl2NO4. The molecule has 1 aromatic rings. The van der Waals surface area contributed by atoms with Crippen molar-refractivity contribution in [2.24, 2.45) is 5.41 Å². The number of benzene rings is 1. The zero-order valence-corrected chi connectivity index (χ0v) is 14.6. The van der Waals surface area contributed by atoms with Crippen LogP contribution in [0.1, 0.15) is 32.1 Å². The number of amides is 2. The van der Waals surface area contributed by atoms with Gasteiger partial charge in [-0.05, 0) is 25.0 Å². The van der Waals surface area contributed by atoms with Gasteiger partial charge in [-0.1, -0.05) is 36.0 Å². The van der Waals surface area contributed by atoms with Crippen LogP contribution in [-0.2, 0) is 9.59 Å². The van der Waals surface area contributed by atoms with E-state index in [9.17, 15) is 14.7 Å². The lowest BCUT2D eigenvalue weighted by Crippen LogP contribution is -2.41. The van der Waals surface area contributed by atoms with Crippen molar-refractivity contribution in [3.05, 3.63) is 28.2 Å². The summed E-state index contributed by atoms with van der Waals surface area (Å²) in [6.45, 7) is -0.137. The van der Waals surface area contributed by atoms with Crippen molar-refractivity contribution >= 4 is 35.0 Å². The van der Waals surface area contributed by atoms with Gasteiger partial charge in [0.25, 0.3) is 0 Å². The van der Waals surface area contributed by atoms with Crippen molar-refractivity contribution in [2.75, 3.05) is 13.2 Å². The molecule has 1 saturated carbocycles. The Labute approximate surface area is 150 Å². The number of hydrogen-bond donors (Lipinski definition) is 1. The number of β-amino-alcohol motifs (C(OH)–C–C–N with tert-alkyl or cyclic N) is 1. The van der Waals surface area contributed by atoms with Gasteiger partial charge in [0, 0.05) is 17.5 Å². The quantitative estimate of drug-likeness (QED) is 0.807. The molecule has 1 aliphatic heterocycles. The molecule has 0 aromatic heterocycles. The fraction of sp³-hybridized carbons (Fsp3) is 0.529. The van der Waals surface area contributed by atoms with Crippen LogP contribution in [0.4, 0.5) is 0 Å².